The molecule has 100 valence electrons. The molecule has 0 bridgehead atoms. The summed E-state index contributed by atoms with van der Waals surface area (Å²) in [7, 11) is 0. The Bertz CT molecular complexity index is 647. The molecule has 0 radical (unpaired) electrons. The van der Waals surface area contributed by atoms with Crippen LogP contribution in [0.15, 0.2) is 53.0 Å². The van der Waals surface area contributed by atoms with Gasteiger partial charge >= 0.3 is 0 Å². The van der Waals surface area contributed by atoms with Gasteiger partial charge in [0.2, 0.25) is 5.91 Å². The predicted octanol–water partition coefficient (Wildman–Crippen LogP) is 3.37. The highest BCUT2D eigenvalue weighted by Gasteiger charge is 2.02. The minimum atomic E-state index is -0.144. The second-order valence-electron chi connectivity index (χ2n) is 4.10. The van der Waals surface area contributed by atoms with Crippen LogP contribution in [0.2, 0.25) is 0 Å². The van der Waals surface area contributed by atoms with Gasteiger partial charge in [0, 0.05) is 15.8 Å². The molecule has 0 aliphatic rings. The largest absolute Gasteiger partial charge is 0.376 e. The molecule has 0 aliphatic heterocycles. The second kappa shape index (κ2) is 6.73. The Morgan fingerprint density at radius 1 is 1.15 bits per heavy atom. The van der Waals surface area contributed by atoms with Crippen molar-refractivity contribution in [3.05, 3.63) is 58.6 Å². The van der Waals surface area contributed by atoms with Crippen LogP contribution in [0.3, 0.4) is 0 Å². The van der Waals surface area contributed by atoms with E-state index in [1.807, 2.05) is 30.3 Å². The SMILES string of the molecule is N#Cc1cccc(NCC(=O)Nc2ccc(Br)cc2)c1. The molecule has 2 aromatic rings. The number of anilines is 2. The van der Waals surface area contributed by atoms with Gasteiger partial charge in [0.25, 0.3) is 0 Å². The zero-order chi connectivity index (χ0) is 14.4. The van der Waals surface area contributed by atoms with Gasteiger partial charge in [0.05, 0.1) is 18.2 Å². The van der Waals surface area contributed by atoms with E-state index in [4.69, 9.17) is 5.26 Å². The van der Waals surface area contributed by atoms with Crippen molar-refractivity contribution in [3.8, 4) is 6.07 Å². The minimum absolute atomic E-state index is 0.144. The maximum absolute atomic E-state index is 11.8. The Labute approximate surface area is 125 Å². The third kappa shape index (κ3) is 4.11. The van der Waals surface area contributed by atoms with Gasteiger partial charge in [0.1, 0.15) is 0 Å². The van der Waals surface area contributed by atoms with E-state index in [0.29, 0.717) is 5.56 Å². The monoisotopic (exact) mass is 329 g/mol. The zero-order valence-corrected chi connectivity index (χ0v) is 12.1. The molecule has 5 heteroatoms. The van der Waals surface area contributed by atoms with Crippen LogP contribution in [0.25, 0.3) is 0 Å². The van der Waals surface area contributed by atoms with Crippen molar-refractivity contribution in [2.24, 2.45) is 0 Å². The molecular weight excluding hydrogens is 318 g/mol. The van der Waals surface area contributed by atoms with Gasteiger partial charge in [-0.3, -0.25) is 4.79 Å². The topological polar surface area (TPSA) is 64.9 Å². The van der Waals surface area contributed by atoms with E-state index in [1.165, 1.54) is 0 Å². The van der Waals surface area contributed by atoms with Gasteiger partial charge in [0.15, 0.2) is 0 Å². The van der Waals surface area contributed by atoms with Gasteiger partial charge in [-0.1, -0.05) is 22.0 Å². The normalized spacial score (nSPS) is 9.60. The van der Waals surface area contributed by atoms with Crippen LogP contribution in [0.5, 0.6) is 0 Å². The quantitative estimate of drug-likeness (QED) is 0.903. The number of hydrogen-bond acceptors (Lipinski definition) is 3. The van der Waals surface area contributed by atoms with E-state index in [-0.39, 0.29) is 12.5 Å². The molecule has 0 aromatic heterocycles. The van der Waals surface area contributed by atoms with Crippen molar-refractivity contribution in [2.75, 3.05) is 17.2 Å². The van der Waals surface area contributed by atoms with Crippen LogP contribution >= 0.6 is 15.9 Å². The standard InChI is InChI=1S/C15H12BrN3O/c16-12-4-6-13(7-5-12)19-15(20)10-18-14-3-1-2-11(8-14)9-17/h1-8,18H,10H2,(H,19,20). The molecule has 4 nitrogen and oxygen atoms in total. The number of carbonyl (C=O) groups excluding carboxylic acids is 1. The maximum atomic E-state index is 11.8. The highest BCUT2D eigenvalue weighted by atomic mass is 79.9. The van der Waals surface area contributed by atoms with Gasteiger partial charge in [-0.25, -0.2) is 0 Å². The van der Waals surface area contributed by atoms with Crippen molar-refractivity contribution in [3.63, 3.8) is 0 Å². The van der Waals surface area contributed by atoms with E-state index in [1.54, 1.807) is 18.2 Å². The first-order valence-corrected chi connectivity index (χ1v) is 6.76. The van der Waals surface area contributed by atoms with E-state index in [2.05, 4.69) is 32.6 Å². The van der Waals surface area contributed by atoms with Crippen LogP contribution in [0.4, 0.5) is 11.4 Å². The molecule has 0 fully saturated rings. The zero-order valence-electron chi connectivity index (χ0n) is 10.6. The van der Waals surface area contributed by atoms with Crippen LogP contribution in [-0.2, 0) is 4.79 Å². The second-order valence-corrected chi connectivity index (χ2v) is 5.02. The molecule has 20 heavy (non-hydrogen) atoms. The summed E-state index contributed by atoms with van der Waals surface area (Å²) in [5, 5.41) is 14.6. The molecule has 2 rings (SSSR count). The summed E-state index contributed by atoms with van der Waals surface area (Å²) in [6, 6.07) is 16.4. The summed E-state index contributed by atoms with van der Waals surface area (Å²) >= 11 is 3.34. The third-order valence-corrected chi connectivity index (χ3v) is 3.10. The number of carbonyl (C=O) groups is 1. The van der Waals surface area contributed by atoms with Gasteiger partial charge in [-0.15, -0.1) is 0 Å². The fourth-order valence-electron chi connectivity index (χ4n) is 1.62. The first kappa shape index (κ1) is 14.1. The molecule has 2 aromatic carbocycles. The molecule has 0 heterocycles. The van der Waals surface area contributed by atoms with Gasteiger partial charge < -0.3 is 10.6 Å². The molecule has 0 aliphatic carbocycles. The summed E-state index contributed by atoms with van der Waals surface area (Å²) in [6.45, 7) is 0.144. The van der Waals surface area contributed by atoms with Crippen molar-refractivity contribution >= 4 is 33.2 Å². The Morgan fingerprint density at radius 3 is 2.60 bits per heavy atom. The first-order valence-electron chi connectivity index (χ1n) is 5.97. The average Bonchev–Trinajstić information content (AvgIpc) is 2.48. The fraction of sp³-hybridized carbons (Fsp3) is 0.0667. The third-order valence-electron chi connectivity index (χ3n) is 2.57. The van der Waals surface area contributed by atoms with Crippen LogP contribution in [-0.4, -0.2) is 12.5 Å². The van der Waals surface area contributed by atoms with E-state index in [0.717, 1.165) is 15.8 Å². The fourth-order valence-corrected chi connectivity index (χ4v) is 1.88. The molecule has 0 unspecified atom stereocenters. The summed E-state index contributed by atoms with van der Waals surface area (Å²) in [4.78, 5) is 11.8. The summed E-state index contributed by atoms with van der Waals surface area (Å²) < 4.78 is 0.960. The molecule has 1 amide bonds. The van der Waals surface area contributed by atoms with Crippen LogP contribution in [0, 0.1) is 11.3 Å². The smallest absolute Gasteiger partial charge is 0.243 e. The number of amides is 1. The Balaban J connectivity index is 1.89. The lowest BCUT2D eigenvalue weighted by molar-refractivity contribution is -0.114. The minimum Gasteiger partial charge on any atom is -0.376 e. The lowest BCUT2D eigenvalue weighted by Gasteiger charge is -2.08. The molecular formula is C15H12BrN3O. The van der Waals surface area contributed by atoms with Crippen LogP contribution in [0.1, 0.15) is 5.56 Å². The highest BCUT2D eigenvalue weighted by Crippen LogP contribution is 2.14. The van der Waals surface area contributed by atoms with Gasteiger partial charge in [-0.05, 0) is 42.5 Å². The molecule has 0 saturated heterocycles. The number of nitrogens with zero attached hydrogens (tertiary/aromatic N) is 1. The molecule has 2 N–H and O–H groups in total. The van der Waals surface area contributed by atoms with E-state index >= 15 is 0 Å². The van der Waals surface area contributed by atoms with E-state index in [9.17, 15) is 4.79 Å². The summed E-state index contributed by atoms with van der Waals surface area (Å²) in [5.74, 6) is -0.144. The summed E-state index contributed by atoms with van der Waals surface area (Å²) in [6.07, 6.45) is 0. The number of nitriles is 1. The number of halogens is 1. The number of hydrogen-bond donors (Lipinski definition) is 2. The molecule has 0 saturated carbocycles. The first-order chi connectivity index (χ1) is 9.67. The Morgan fingerprint density at radius 2 is 1.90 bits per heavy atom. The molecule has 0 atom stereocenters. The van der Waals surface area contributed by atoms with Crippen molar-refractivity contribution < 1.29 is 4.79 Å². The van der Waals surface area contributed by atoms with Crippen molar-refractivity contribution in [1.82, 2.24) is 0 Å². The molecule has 0 spiro atoms. The van der Waals surface area contributed by atoms with Crippen molar-refractivity contribution in [2.45, 2.75) is 0 Å². The number of nitrogens with one attached hydrogen (secondary N) is 2. The van der Waals surface area contributed by atoms with Crippen LogP contribution < -0.4 is 10.6 Å². The van der Waals surface area contributed by atoms with Gasteiger partial charge in [-0.2, -0.15) is 5.26 Å². The maximum Gasteiger partial charge on any atom is 0.243 e. The lowest BCUT2D eigenvalue weighted by Crippen LogP contribution is -2.21. The van der Waals surface area contributed by atoms with Crippen molar-refractivity contribution in [1.29, 1.82) is 5.26 Å². The Hall–Kier alpha value is -2.32. The Kier molecular flexibility index (Phi) is 4.75. The average molecular weight is 330 g/mol. The highest BCUT2D eigenvalue weighted by molar-refractivity contribution is 9.10. The van der Waals surface area contributed by atoms with E-state index < -0.39 is 0 Å². The number of rotatable bonds is 4. The number of benzene rings is 2. The summed E-state index contributed by atoms with van der Waals surface area (Å²) in [5.41, 5.74) is 2.05. The lowest BCUT2D eigenvalue weighted by atomic mass is 10.2. The predicted molar refractivity (Wildman–Crippen MR) is 82.4 cm³/mol.